The molecule has 0 saturated carbocycles. The topological polar surface area (TPSA) is 54.5 Å². The zero-order valence-corrected chi connectivity index (χ0v) is 13.5. The Hall–Kier alpha value is -0.780. The van der Waals surface area contributed by atoms with E-state index in [4.69, 9.17) is 23.2 Å². The second-order valence-electron chi connectivity index (χ2n) is 5.08. The van der Waals surface area contributed by atoms with E-state index in [2.05, 4.69) is 0 Å². The van der Waals surface area contributed by atoms with Crippen LogP contribution in [0, 0.1) is 12.8 Å². The van der Waals surface area contributed by atoms with E-state index in [0.717, 1.165) is 9.87 Å². The number of amides is 1. The van der Waals surface area contributed by atoms with Crippen molar-refractivity contribution in [1.29, 1.82) is 0 Å². The van der Waals surface area contributed by atoms with Gasteiger partial charge in [0, 0.05) is 18.3 Å². The van der Waals surface area contributed by atoms with Gasteiger partial charge in [0.1, 0.15) is 4.87 Å². The maximum Gasteiger partial charge on any atom is 0.266 e. The number of carbonyl (C=O) groups is 1. The number of halogens is 2. The highest BCUT2D eigenvalue weighted by Crippen LogP contribution is 2.38. The number of benzene rings is 1. The van der Waals surface area contributed by atoms with E-state index in [1.807, 2.05) is 6.92 Å². The van der Waals surface area contributed by atoms with Crippen LogP contribution in [0.25, 0.3) is 0 Å². The molecule has 110 valence electrons. The number of nitrogens with zero attached hydrogens (tertiary/aromatic N) is 1. The summed E-state index contributed by atoms with van der Waals surface area (Å²) < 4.78 is 25.8. The summed E-state index contributed by atoms with van der Waals surface area (Å²) in [5, 5.41) is 0. The fourth-order valence-corrected chi connectivity index (χ4v) is 4.41. The fourth-order valence-electron chi connectivity index (χ4n) is 2.11. The van der Waals surface area contributed by atoms with Crippen LogP contribution >= 0.6 is 23.2 Å². The van der Waals surface area contributed by atoms with Crippen molar-refractivity contribution in [2.45, 2.75) is 23.6 Å². The summed E-state index contributed by atoms with van der Waals surface area (Å²) in [6.07, 6.45) is 0. The Balaban J connectivity index is 2.41. The van der Waals surface area contributed by atoms with Crippen molar-refractivity contribution in [1.82, 2.24) is 4.31 Å². The Morgan fingerprint density at radius 2 is 1.90 bits per heavy atom. The fraction of sp³-hybridized carbons (Fsp3) is 0.462. The Kier molecular flexibility index (Phi) is 4.06. The maximum atomic E-state index is 12.5. The molecule has 20 heavy (non-hydrogen) atoms. The molecular formula is C13H15Cl2NO3S. The van der Waals surface area contributed by atoms with Crippen LogP contribution in [-0.4, -0.2) is 35.9 Å². The highest BCUT2D eigenvalue weighted by Gasteiger charge is 2.53. The Labute approximate surface area is 128 Å². The molecule has 1 aromatic carbocycles. The summed E-state index contributed by atoms with van der Waals surface area (Å²) in [7, 11) is -3.88. The lowest BCUT2D eigenvalue weighted by atomic mass is 9.99. The molecule has 1 aliphatic heterocycles. The van der Waals surface area contributed by atoms with Gasteiger partial charge in [-0.25, -0.2) is 12.7 Å². The molecule has 0 aromatic heterocycles. The maximum absolute atomic E-state index is 12.5. The molecule has 2 atom stereocenters. The van der Waals surface area contributed by atoms with Crippen LogP contribution in [0.4, 0.5) is 0 Å². The normalized spacial score (nSPS) is 27.1. The third-order valence-corrected chi connectivity index (χ3v) is 6.20. The van der Waals surface area contributed by atoms with Gasteiger partial charge < -0.3 is 0 Å². The van der Waals surface area contributed by atoms with Gasteiger partial charge in [-0.1, -0.05) is 17.7 Å². The van der Waals surface area contributed by atoms with Crippen molar-refractivity contribution in [2.24, 2.45) is 5.92 Å². The van der Waals surface area contributed by atoms with Gasteiger partial charge in [-0.15, -0.1) is 23.2 Å². The number of rotatable bonds is 3. The molecule has 0 bridgehead atoms. The van der Waals surface area contributed by atoms with Gasteiger partial charge in [-0.3, -0.25) is 4.79 Å². The standard InChI is InChI=1S/C13H15Cl2NO3S/c1-9-3-5-11(6-4-9)20(18,19)16-8-10(7-14)13(2,15)12(16)17/h3-6,10H,7-8H2,1-2H3/t10-,13+/m1/s1. The van der Waals surface area contributed by atoms with E-state index in [1.165, 1.54) is 19.1 Å². The zero-order chi connectivity index (χ0) is 15.1. The number of carbonyl (C=O) groups excluding carboxylic acids is 1. The molecule has 0 radical (unpaired) electrons. The van der Waals surface area contributed by atoms with Crippen molar-refractivity contribution < 1.29 is 13.2 Å². The summed E-state index contributed by atoms with van der Waals surface area (Å²) in [4.78, 5) is 11.0. The SMILES string of the molecule is Cc1ccc(S(=O)(=O)N2C[C@@H](CCl)[C@](C)(Cl)C2=O)cc1. The van der Waals surface area contributed by atoms with E-state index in [1.54, 1.807) is 12.1 Å². The van der Waals surface area contributed by atoms with Gasteiger partial charge in [0.05, 0.1) is 4.90 Å². The highest BCUT2D eigenvalue weighted by molar-refractivity contribution is 7.89. The third-order valence-electron chi connectivity index (χ3n) is 3.59. The lowest BCUT2D eigenvalue weighted by Gasteiger charge is -2.19. The van der Waals surface area contributed by atoms with Crippen molar-refractivity contribution >= 4 is 39.1 Å². The average molecular weight is 336 g/mol. The molecule has 1 fully saturated rings. The smallest absolute Gasteiger partial charge is 0.266 e. The van der Waals surface area contributed by atoms with Crippen LogP contribution in [0.3, 0.4) is 0 Å². The van der Waals surface area contributed by atoms with E-state index >= 15 is 0 Å². The molecule has 1 heterocycles. The lowest BCUT2D eigenvalue weighted by Crippen LogP contribution is -2.38. The van der Waals surface area contributed by atoms with Gasteiger partial charge in [-0.05, 0) is 26.0 Å². The predicted molar refractivity (Wildman–Crippen MR) is 78.5 cm³/mol. The van der Waals surface area contributed by atoms with E-state index in [0.29, 0.717) is 0 Å². The molecule has 0 aliphatic carbocycles. The molecule has 0 spiro atoms. The second-order valence-corrected chi connectivity index (χ2v) is 8.04. The number of hydrogen-bond acceptors (Lipinski definition) is 3. The first kappa shape index (κ1) is 15.6. The molecule has 1 saturated heterocycles. The molecule has 0 unspecified atom stereocenters. The van der Waals surface area contributed by atoms with Crippen molar-refractivity contribution in [3.8, 4) is 0 Å². The predicted octanol–water partition coefficient (Wildman–Crippen LogP) is 2.38. The van der Waals surface area contributed by atoms with Crippen LogP contribution in [0.15, 0.2) is 29.2 Å². The molecule has 1 aliphatic rings. The first-order valence-electron chi connectivity index (χ1n) is 6.10. The third kappa shape index (κ3) is 2.43. The number of alkyl halides is 2. The molecular weight excluding hydrogens is 321 g/mol. The van der Waals surface area contributed by atoms with Crippen LogP contribution < -0.4 is 0 Å². The van der Waals surface area contributed by atoms with Crippen molar-refractivity contribution in [2.75, 3.05) is 12.4 Å². The van der Waals surface area contributed by atoms with E-state index in [9.17, 15) is 13.2 Å². The van der Waals surface area contributed by atoms with Crippen molar-refractivity contribution in [3.05, 3.63) is 29.8 Å². The highest BCUT2D eigenvalue weighted by atomic mass is 35.5. The zero-order valence-electron chi connectivity index (χ0n) is 11.1. The van der Waals surface area contributed by atoms with Crippen LogP contribution in [0.2, 0.25) is 0 Å². The Morgan fingerprint density at radius 3 is 2.35 bits per heavy atom. The summed E-state index contributed by atoms with van der Waals surface area (Å²) in [5.41, 5.74) is 0.942. The summed E-state index contributed by atoms with van der Waals surface area (Å²) in [6, 6.07) is 6.34. The van der Waals surface area contributed by atoms with Crippen LogP contribution in [0.5, 0.6) is 0 Å². The van der Waals surface area contributed by atoms with Gasteiger partial charge in [0.2, 0.25) is 0 Å². The number of hydrogen-bond donors (Lipinski definition) is 0. The van der Waals surface area contributed by atoms with E-state index in [-0.39, 0.29) is 17.3 Å². The molecule has 4 nitrogen and oxygen atoms in total. The van der Waals surface area contributed by atoms with Gasteiger partial charge in [0.25, 0.3) is 15.9 Å². The van der Waals surface area contributed by atoms with Crippen molar-refractivity contribution in [3.63, 3.8) is 0 Å². The van der Waals surface area contributed by atoms with Gasteiger partial charge >= 0.3 is 0 Å². The minimum Gasteiger partial charge on any atom is -0.272 e. The average Bonchev–Trinajstić information content (AvgIpc) is 2.61. The number of sulfonamides is 1. The van der Waals surface area contributed by atoms with Crippen LogP contribution in [0.1, 0.15) is 12.5 Å². The monoisotopic (exact) mass is 335 g/mol. The van der Waals surface area contributed by atoms with Gasteiger partial charge in [-0.2, -0.15) is 0 Å². The summed E-state index contributed by atoms with van der Waals surface area (Å²) >= 11 is 11.9. The van der Waals surface area contributed by atoms with Gasteiger partial charge in [0.15, 0.2) is 0 Å². The number of aryl methyl sites for hydroxylation is 1. The molecule has 7 heteroatoms. The Morgan fingerprint density at radius 1 is 1.35 bits per heavy atom. The Bertz CT molecular complexity index is 626. The molecule has 1 aromatic rings. The largest absolute Gasteiger partial charge is 0.272 e. The van der Waals surface area contributed by atoms with Crippen LogP contribution in [-0.2, 0) is 14.8 Å². The summed E-state index contributed by atoms with van der Waals surface area (Å²) in [5.74, 6) is -0.894. The summed E-state index contributed by atoms with van der Waals surface area (Å²) in [6.45, 7) is 3.38. The minimum atomic E-state index is -3.88. The second kappa shape index (κ2) is 5.20. The molecule has 1 amide bonds. The first-order valence-corrected chi connectivity index (χ1v) is 8.45. The minimum absolute atomic E-state index is 0.0124. The lowest BCUT2D eigenvalue weighted by molar-refractivity contribution is -0.125. The molecule has 2 rings (SSSR count). The van der Waals surface area contributed by atoms with E-state index < -0.39 is 26.7 Å². The molecule has 0 N–H and O–H groups in total. The quantitative estimate of drug-likeness (QED) is 0.797. The first-order chi connectivity index (χ1) is 9.21.